The van der Waals surface area contributed by atoms with Gasteiger partial charge in [0.25, 0.3) is 8.32 Å². The Hall–Kier alpha value is -3.00. The van der Waals surface area contributed by atoms with Crippen molar-refractivity contribution in [3.8, 4) is 5.75 Å². The molecule has 0 radical (unpaired) electrons. The molecule has 5 nitrogen and oxygen atoms in total. The number of unbranched alkanes of at least 4 members (excludes halogenated alkanes) is 1. The van der Waals surface area contributed by atoms with Gasteiger partial charge in [-0.2, -0.15) is 0 Å². The van der Waals surface area contributed by atoms with E-state index < -0.39 is 25.3 Å². The maximum absolute atomic E-state index is 14.4. The number of hydrogen-bond acceptors (Lipinski definition) is 5. The first kappa shape index (κ1) is 32.5. The van der Waals surface area contributed by atoms with Gasteiger partial charge in [-0.05, 0) is 59.3 Å². The summed E-state index contributed by atoms with van der Waals surface area (Å²) in [6.07, 6.45) is 3.52. The lowest BCUT2D eigenvalue weighted by Gasteiger charge is -2.41. The fourth-order valence-corrected chi connectivity index (χ4v) is 8.91. The summed E-state index contributed by atoms with van der Waals surface area (Å²) in [6.45, 7) is 9.06. The topological polar surface area (TPSA) is 65.0 Å². The molecule has 0 aliphatic heterocycles. The first-order valence-corrected chi connectivity index (χ1v) is 16.7. The maximum Gasteiger partial charge on any atom is 0.305 e. The SMILES string of the molecule is CCCCOc1ccc(F)cc1[C@H](COC(=O)CCC)OCCCC(C)(C)[Si](O)(c1ccccc1)c1ccccc1. The van der Waals surface area contributed by atoms with Crippen molar-refractivity contribution in [2.45, 2.75) is 77.4 Å². The maximum atomic E-state index is 14.4. The van der Waals surface area contributed by atoms with Gasteiger partial charge >= 0.3 is 5.97 Å². The molecular weight excluding hydrogens is 535 g/mol. The molecule has 7 heteroatoms. The van der Waals surface area contributed by atoms with Crippen LogP contribution >= 0.6 is 0 Å². The molecule has 222 valence electrons. The highest BCUT2D eigenvalue weighted by Crippen LogP contribution is 2.40. The third-order valence-corrected chi connectivity index (χ3v) is 12.1. The number of benzene rings is 3. The zero-order valence-electron chi connectivity index (χ0n) is 24.9. The van der Waals surface area contributed by atoms with Gasteiger partial charge in [0.2, 0.25) is 0 Å². The number of hydrogen-bond donors (Lipinski definition) is 1. The minimum absolute atomic E-state index is 0.0253. The van der Waals surface area contributed by atoms with Gasteiger partial charge in [0, 0.05) is 18.6 Å². The van der Waals surface area contributed by atoms with Crippen LogP contribution in [0.2, 0.25) is 5.04 Å². The van der Waals surface area contributed by atoms with Crippen LogP contribution in [-0.4, -0.2) is 38.9 Å². The molecule has 0 amide bonds. The zero-order chi connectivity index (χ0) is 29.7. The third-order valence-electron chi connectivity index (χ3n) is 7.55. The second kappa shape index (κ2) is 15.8. The standard InChI is InChI=1S/C34H45FO5Si/c1-5-7-23-38-31-21-20-27(35)25-30(31)32(26-40-33(36)15-6-2)39-24-14-22-34(3,4)41(37,28-16-10-8-11-17-28)29-18-12-9-13-19-29/h8-13,16-21,25,32,37H,5-7,14-15,22-24,26H2,1-4H3/t32-/m0/s1. The number of rotatable bonds is 17. The summed E-state index contributed by atoms with van der Waals surface area (Å²) in [5.74, 6) is -0.181. The van der Waals surface area contributed by atoms with Gasteiger partial charge < -0.3 is 19.0 Å². The van der Waals surface area contributed by atoms with Crippen LogP contribution < -0.4 is 15.1 Å². The molecule has 0 aliphatic carbocycles. The lowest BCUT2D eigenvalue weighted by Crippen LogP contribution is -2.65. The van der Waals surface area contributed by atoms with E-state index in [1.807, 2.05) is 67.6 Å². The molecule has 0 unspecified atom stereocenters. The van der Waals surface area contributed by atoms with E-state index in [4.69, 9.17) is 14.2 Å². The number of esters is 1. The highest BCUT2D eigenvalue weighted by Gasteiger charge is 2.49. The van der Waals surface area contributed by atoms with Gasteiger partial charge in [-0.15, -0.1) is 0 Å². The quantitative estimate of drug-likeness (QED) is 0.109. The van der Waals surface area contributed by atoms with E-state index in [-0.39, 0.29) is 12.6 Å². The van der Waals surface area contributed by atoms with Gasteiger partial charge in [-0.3, -0.25) is 4.79 Å². The molecule has 0 aromatic heterocycles. The van der Waals surface area contributed by atoms with Crippen molar-refractivity contribution in [2.75, 3.05) is 19.8 Å². The monoisotopic (exact) mass is 580 g/mol. The Kier molecular flexibility index (Phi) is 12.6. The number of ether oxygens (including phenoxy) is 3. The van der Waals surface area contributed by atoms with E-state index in [2.05, 4.69) is 20.8 Å². The van der Waals surface area contributed by atoms with Crippen molar-refractivity contribution in [3.05, 3.63) is 90.2 Å². The first-order chi connectivity index (χ1) is 19.7. The molecule has 1 atom stereocenters. The van der Waals surface area contributed by atoms with Crippen LogP contribution in [-0.2, 0) is 14.3 Å². The Bertz CT molecular complexity index is 1160. The average molecular weight is 581 g/mol. The normalized spacial score (nSPS) is 12.6. The summed E-state index contributed by atoms with van der Waals surface area (Å²) >= 11 is 0. The van der Waals surface area contributed by atoms with Crippen molar-refractivity contribution >= 4 is 24.7 Å². The van der Waals surface area contributed by atoms with Crippen LogP contribution in [0.4, 0.5) is 4.39 Å². The molecule has 0 spiro atoms. The lowest BCUT2D eigenvalue weighted by atomic mass is 10.1. The Labute approximate surface area is 245 Å². The highest BCUT2D eigenvalue weighted by molar-refractivity contribution is 6.98. The molecule has 3 aromatic carbocycles. The summed E-state index contributed by atoms with van der Waals surface area (Å²) < 4.78 is 32.1. The van der Waals surface area contributed by atoms with Crippen LogP contribution in [0.5, 0.6) is 5.75 Å². The second-order valence-corrected chi connectivity index (χ2v) is 15.0. The van der Waals surface area contributed by atoms with Crippen LogP contribution in [0, 0.1) is 5.82 Å². The van der Waals surface area contributed by atoms with Gasteiger partial charge in [0.05, 0.1) is 6.61 Å². The zero-order valence-corrected chi connectivity index (χ0v) is 25.9. The van der Waals surface area contributed by atoms with Crippen molar-refractivity contribution in [1.82, 2.24) is 0 Å². The Morgan fingerprint density at radius 1 is 0.902 bits per heavy atom. The number of carbonyl (C=O) groups excluding carboxylic acids is 1. The van der Waals surface area contributed by atoms with Crippen molar-refractivity contribution in [2.24, 2.45) is 0 Å². The fraction of sp³-hybridized carbons (Fsp3) is 0.441. The largest absolute Gasteiger partial charge is 0.493 e. The molecular formula is C34H45FO5Si. The molecule has 0 saturated carbocycles. The van der Waals surface area contributed by atoms with Crippen LogP contribution in [0.15, 0.2) is 78.9 Å². The fourth-order valence-electron chi connectivity index (χ4n) is 5.13. The molecule has 3 aromatic rings. The second-order valence-electron chi connectivity index (χ2n) is 11.1. The van der Waals surface area contributed by atoms with Gasteiger partial charge in [0.15, 0.2) is 0 Å². The highest BCUT2D eigenvalue weighted by atomic mass is 28.4. The van der Waals surface area contributed by atoms with Gasteiger partial charge in [-0.1, -0.05) is 94.8 Å². The Morgan fingerprint density at radius 2 is 1.54 bits per heavy atom. The summed E-state index contributed by atoms with van der Waals surface area (Å²) in [7, 11) is -3.14. The van der Waals surface area contributed by atoms with Crippen LogP contribution in [0.25, 0.3) is 0 Å². The first-order valence-electron chi connectivity index (χ1n) is 14.8. The number of carbonyl (C=O) groups is 1. The van der Waals surface area contributed by atoms with Crippen molar-refractivity contribution in [1.29, 1.82) is 0 Å². The predicted octanol–water partition coefficient (Wildman–Crippen LogP) is 6.72. The summed E-state index contributed by atoms with van der Waals surface area (Å²) in [5.41, 5.74) is 0.532. The van der Waals surface area contributed by atoms with Crippen molar-refractivity contribution < 1.29 is 28.2 Å². The molecule has 0 saturated heterocycles. The Morgan fingerprint density at radius 3 is 2.12 bits per heavy atom. The Balaban J connectivity index is 1.78. The molecule has 41 heavy (non-hydrogen) atoms. The molecule has 0 bridgehead atoms. The van der Waals surface area contributed by atoms with Gasteiger partial charge in [0.1, 0.15) is 24.3 Å². The molecule has 0 heterocycles. The summed E-state index contributed by atoms with van der Waals surface area (Å²) in [5, 5.41) is 1.51. The average Bonchev–Trinajstić information content (AvgIpc) is 2.98. The minimum atomic E-state index is -3.14. The number of halogens is 1. The van der Waals surface area contributed by atoms with E-state index in [0.29, 0.717) is 50.2 Å². The van der Waals surface area contributed by atoms with E-state index in [1.165, 1.54) is 12.1 Å². The molecule has 0 aliphatic rings. The minimum Gasteiger partial charge on any atom is -0.493 e. The smallest absolute Gasteiger partial charge is 0.305 e. The molecule has 0 fully saturated rings. The molecule has 3 rings (SSSR count). The third kappa shape index (κ3) is 8.74. The van der Waals surface area contributed by atoms with Crippen LogP contribution in [0.3, 0.4) is 0 Å². The van der Waals surface area contributed by atoms with Crippen LogP contribution in [0.1, 0.15) is 77.9 Å². The van der Waals surface area contributed by atoms with E-state index >= 15 is 0 Å². The molecule has 1 N–H and O–H groups in total. The van der Waals surface area contributed by atoms with E-state index in [9.17, 15) is 14.0 Å². The van der Waals surface area contributed by atoms with Crippen molar-refractivity contribution in [3.63, 3.8) is 0 Å². The van der Waals surface area contributed by atoms with E-state index in [0.717, 1.165) is 23.2 Å². The lowest BCUT2D eigenvalue weighted by molar-refractivity contribution is -0.148. The van der Waals surface area contributed by atoms with Gasteiger partial charge in [-0.25, -0.2) is 4.39 Å². The summed E-state index contributed by atoms with van der Waals surface area (Å²) in [6, 6.07) is 24.3. The predicted molar refractivity (Wildman–Crippen MR) is 165 cm³/mol. The summed E-state index contributed by atoms with van der Waals surface area (Å²) in [4.78, 5) is 24.6. The van der Waals surface area contributed by atoms with E-state index in [1.54, 1.807) is 6.07 Å².